The Balaban J connectivity index is 1.91. The van der Waals surface area contributed by atoms with Gasteiger partial charge in [0.25, 0.3) is 0 Å². The number of likely N-dealkylation sites (N-methyl/N-ethyl adjacent to an activating group) is 1. The van der Waals surface area contributed by atoms with Gasteiger partial charge in [-0.05, 0) is 37.6 Å². The van der Waals surface area contributed by atoms with Crippen LogP contribution in [-0.2, 0) is 11.2 Å². The fourth-order valence-corrected chi connectivity index (χ4v) is 2.55. The Morgan fingerprint density at radius 1 is 1.16 bits per heavy atom. The first-order valence-electron chi connectivity index (χ1n) is 7.39. The number of nitrogens with one attached hydrogen (secondary N) is 1. The van der Waals surface area contributed by atoms with Crippen molar-refractivity contribution >= 4 is 0 Å². The zero-order chi connectivity index (χ0) is 13.7. The van der Waals surface area contributed by atoms with Crippen LogP contribution in [-0.4, -0.2) is 31.4 Å². The molecular weight excluding hydrogens is 238 g/mol. The summed E-state index contributed by atoms with van der Waals surface area (Å²) in [6.07, 6.45) is 2.44. The smallest absolute Gasteiger partial charge is 0.128 e. The highest BCUT2D eigenvalue weighted by Crippen LogP contribution is 2.29. The van der Waals surface area contributed by atoms with Gasteiger partial charge in [0.15, 0.2) is 0 Å². The van der Waals surface area contributed by atoms with Gasteiger partial charge in [0.2, 0.25) is 0 Å². The molecule has 0 radical (unpaired) electrons. The molecule has 1 aromatic rings. The maximum atomic E-state index is 6.03. The highest BCUT2D eigenvalue weighted by Gasteiger charge is 2.43. The topological polar surface area (TPSA) is 30.5 Å². The Bertz CT molecular complexity index is 377. The molecule has 0 bridgehead atoms. The zero-order valence-corrected chi connectivity index (χ0v) is 12.2. The normalized spacial score (nSPS) is 25.9. The van der Waals surface area contributed by atoms with Crippen LogP contribution in [0.5, 0.6) is 5.75 Å². The maximum absolute atomic E-state index is 6.03. The highest BCUT2D eigenvalue weighted by atomic mass is 16.5. The molecule has 1 aromatic carbocycles. The SMILES string of the molecule is CCNC1CC(Oc2ccc(CC)cc2)C1OCC. The Kier molecular flexibility index (Phi) is 5.23. The Morgan fingerprint density at radius 2 is 1.89 bits per heavy atom. The molecule has 1 fully saturated rings. The molecule has 2 rings (SSSR count). The van der Waals surface area contributed by atoms with Crippen molar-refractivity contribution in [3.05, 3.63) is 29.8 Å². The van der Waals surface area contributed by atoms with Crippen LogP contribution in [0.1, 0.15) is 32.8 Å². The predicted molar refractivity (Wildman–Crippen MR) is 77.7 cm³/mol. The van der Waals surface area contributed by atoms with Crippen molar-refractivity contribution in [1.29, 1.82) is 0 Å². The maximum Gasteiger partial charge on any atom is 0.128 e. The summed E-state index contributed by atoms with van der Waals surface area (Å²) < 4.78 is 11.8. The lowest BCUT2D eigenvalue weighted by molar-refractivity contribution is -0.104. The van der Waals surface area contributed by atoms with Crippen LogP contribution in [0.25, 0.3) is 0 Å². The van der Waals surface area contributed by atoms with E-state index in [1.807, 2.05) is 6.92 Å². The largest absolute Gasteiger partial charge is 0.488 e. The molecule has 1 saturated carbocycles. The molecule has 0 spiro atoms. The summed E-state index contributed by atoms with van der Waals surface area (Å²) in [4.78, 5) is 0. The minimum absolute atomic E-state index is 0.177. The quantitative estimate of drug-likeness (QED) is 0.820. The van der Waals surface area contributed by atoms with Crippen molar-refractivity contribution in [3.8, 4) is 5.75 Å². The molecule has 0 amide bonds. The summed E-state index contributed by atoms with van der Waals surface area (Å²) in [5.74, 6) is 0.946. The van der Waals surface area contributed by atoms with Crippen molar-refractivity contribution < 1.29 is 9.47 Å². The minimum Gasteiger partial charge on any atom is -0.488 e. The van der Waals surface area contributed by atoms with Crippen molar-refractivity contribution in [2.45, 2.75) is 51.9 Å². The third-order valence-electron chi connectivity index (χ3n) is 3.69. The molecule has 0 heterocycles. The van der Waals surface area contributed by atoms with Gasteiger partial charge >= 0.3 is 0 Å². The third-order valence-corrected chi connectivity index (χ3v) is 3.69. The van der Waals surface area contributed by atoms with Gasteiger partial charge in [-0.15, -0.1) is 0 Å². The van der Waals surface area contributed by atoms with Crippen LogP contribution >= 0.6 is 0 Å². The molecule has 1 aliphatic carbocycles. The van der Waals surface area contributed by atoms with E-state index in [0.717, 1.165) is 31.7 Å². The Hall–Kier alpha value is -1.06. The fraction of sp³-hybridized carbons (Fsp3) is 0.625. The number of hydrogen-bond donors (Lipinski definition) is 1. The van der Waals surface area contributed by atoms with Crippen LogP contribution in [0.2, 0.25) is 0 Å². The van der Waals surface area contributed by atoms with Crippen molar-refractivity contribution in [3.63, 3.8) is 0 Å². The summed E-state index contributed by atoms with van der Waals surface area (Å²) in [7, 11) is 0. The standard InChI is InChI=1S/C16H25NO2/c1-4-12-7-9-13(10-8-12)19-15-11-14(17-5-2)16(15)18-6-3/h7-10,14-17H,4-6,11H2,1-3H3. The average molecular weight is 263 g/mol. The van der Waals surface area contributed by atoms with Gasteiger partial charge in [-0.25, -0.2) is 0 Å². The van der Waals surface area contributed by atoms with Gasteiger partial charge in [0, 0.05) is 19.1 Å². The number of benzene rings is 1. The van der Waals surface area contributed by atoms with Gasteiger partial charge in [-0.1, -0.05) is 26.0 Å². The van der Waals surface area contributed by atoms with E-state index < -0.39 is 0 Å². The minimum atomic E-state index is 0.177. The lowest BCUT2D eigenvalue weighted by Gasteiger charge is -2.44. The van der Waals surface area contributed by atoms with E-state index in [-0.39, 0.29) is 12.2 Å². The van der Waals surface area contributed by atoms with Crippen LogP contribution in [0.15, 0.2) is 24.3 Å². The van der Waals surface area contributed by atoms with E-state index in [4.69, 9.17) is 9.47 Å². The van der Waals surface area contributed by atoms with Gasteiger partial charge < -0.3 is 14.8 Å². The number of rotatable bonds is 7. The summed E-state index contributed by atoms with van der Waals surface area (Å²) in [6, 6.07) is 8.81. The van der Waals surface area contributed by atoms with Crippen LogP contribution in [0.4, 0.5) is 0 Å². The van der Waals surface area contributed by atoms with Crippen LogP contribution in [0.3, 0.4) is 0 Å². The first-order valence-corrected chi connectivity index (χ1v) is 7.39. The first kappa shape index (κ1) is 14.4. The van der Waals surface area contributed by atoms with Gasteiger partial charge in [-0.3, -0.25) is 0 Å². The Labute approximate surface area is 116 Å². The van der Waals surface area contributed by atoms with E-state index in [2.05, 4.69) is 43.4 Å². The molecule has 106 valence electrons. The summed E-state index contributed by atoms with van der Waals surface area (Å²) in [6.45, 7) is 8.04. The number of ether oxygens (including phenoxy) is 2. The van der Waals surface area contributed by atoms with E-state index in [9.17, 15) is 0 Å². The van der Waals surface area contributed by atoms with Crippen LogP contribution in [0, 0.1) is 0 Å². The van der Waals surface area contributed by atoms with Crippen molar-refractivity contribution in [1.82, 2.24) is 5.32 Å². The molecular formula is C16H25NO2. The van der Waals surface area contributed by atoms with Crippen molar-refractivity contribution in [2.24, 2.45) is 0 Å². The summed E-state index contributed by atoms with van der Waals surface area (Å²) in [5.41, 5.74) is 1.34. The van der Waals surface area contributed by atoms with E-state index in [1.54, 1.807) is 0 Å². The van der Waals surface area contributed by atoms with Gasteiger partial charge in [0.1, 0.15) is 18.0 Å². The number of aryl methyl sites for hydroxylation is 1. The second-order valence-electron chi connectivity index (χ2n) is 4.97. The van der Waals surface area contributed by atoms with E-state index in [0.29, 0.717) is 6.04 Å². The molecule has 3 nitrogen and oxygen atoms in total. The molecule has 3 atom stereocenters. The number of hydrogen-bond acceptors (Lipinski definition) is 3. The van der Waals surface area contributed by atoms with E-state index in [1.165, 1.54) is 5.56 Å². The second-order valence-corrected chi connectivity index (χ2v) is 4.97. The molecule has 1 N–H and O–H groups in total. The molecule has 3 unspecified atom stereocenters. The summed E-state index contributed by atoms with van der Waals surface area (Å²) >= 11 is 0. The Morgan fingerprint density at radius 3 is 2.47 bits per heavy atom. The molecule has 0 aromatic heterocycles. The molecule has 0 saturated heterocycles. The lowest BCUT2D eigenvalue weighted by Crippen LogP contribution is -2.61. The fourth-order valence-electron chi connectivity index (χ4n) is 2.55. The van der Waals surface area contributed by atoms with Gasteiger partial charge in [0.05, 0.1) is 0 Å². The first-order chi connectivity index (χ1) is 9.28. The lowest BCUT2D eigenvalue weighted by atomic mass is 9.85. The molecule has 0 aliphatic heterocycles. The summed E-state index contributed by atoms with van der Waals surface area (Å²) in [5, 5.41) is 3.45. The molecule has 3 heteroatoms. The zero-order valence-electron chi connectivity index (χ0n) is 12.2. The third kappa shape index (κ3) is 3.48. The monoisotopic (exact) mass is 263 g/mol. The van der Waals surface area contributed by atoms with Crippen LogP contribution < -0.4 is 10.1 Å². The average Bonchev–Trinajstić information content (AvgIpc) is 2.44. The molecule has 1 aliphatic rings. The second kappa shape index (κ2) is 6.92. The molecule has 19 heavy (non-hydrogen) atoms. The van der Waals surface area contributed by atoms with Crippen molar-refractivity contribution in [2.75, 3.05) is 13.2 Å². The predicted octanol–water partition coefficient (Wildman–Crippen LogP) is 2.78. The highest BCUT2D eigenvalue weighted by molar-refractivity contribution is 5.28. The van der Waals surface area contributed by atoms with Gasteiger partial charge in [-0.2, -0.15) is 0 Å². The van der Waals surface area contributed by atoms with E-state index >= 15 is 0 Å².